The van der Waals surface area contributed by atoms with E-state index in [4.69, 9.17) is 14.0 Å². The number of ether oxygens (including phenoxy) is 2. The Bertz CT molecular complexity index is 983. The van der Waals surface area contributed by atoms with E-state index < -0.39 is 11.7 Å². The number of hydrogen-bond acceptors (Lipinski definition) is 5. The predicted molar refractivity (Wildman–Crippen MR) is 92.0 cm³/mol. The fourth-order valence-corrected chi connectivity index (χ4v) is 2.79. The second kappa shape index (κ2) is 6.51. The fourth-order valence-electron chi connectivity index (χ4n) is 2.79. The van der Waals surface area contributed by atoms with Gasteiger partial charge in [-0.15, -0.1) is 0 Å². The smallest absolute Gasteiger partial charge is 0.261 e. The van der Waals surface area contributed by atoms with Crippen molar-refractivity contribution in [2.75, 3.05) is 18.5 Å². The van der Waals surface area contributed by atoms with Crippen LogP contribution in [0.15, 0.2) is 47.0 Å². The number of amides is 1. The van der Waals surface area contributed by atoms with Gasteiger partial charge in [0, 0.05) is 17.3 Å². The highest BCUT2D eigenvalue weighted by Gasteiger charge is 2.22. The molecule has 0 unspecified atom stereocenters. The Labute approximate surface area is 148 Å². The van der Waals surface area contributed by atoms with Crippen molar-refractivity contribution in [1.82, 2.24) is 5.16 Å². The minimum absolute atomic E-state index is 0.255. The summed E-state index contributed by atoms with van der Waals surface area (Å²) in [5.74, 6) is 0.734. The van der Waals surface area contributed by atoms with Gasteiger partial charge in [-0.1, -0.05) is 17.3 Å². The van der Waals surface area contributed by atoms with Crippen LogP contribution in [0, 0.1) is 12.7 Å². The van der Waals surface area contributed by atoms with Crippen molar-refractivity contribution in [2.24, 2.45) is 0 Å². The maximum absolute atomic E-state index is 13.5. The van der Waals surface area contributed by atoms with Gasteiger partial charge in [-0.2, -0.15) is 0 Å². The van der Waals surface area contributed by atoms with Crippen molar-refractivity contribution in [2.45, 2.75) is 6.92 Å². The van der Waals surface area contributed by atoms with Gasteiger partial charge in [0.1, 0.15) is 36.0 Å². The molecule has 0 spiro atoms. The Balaban J connectivity index is 1.64. The van der Waals surface area contributed by atoms with Crippen LogP contribution in [-0.4, -0.2) is 24.3 Å². The maximum Gasteiger partial charge on any atom is 0.261 e. The van der Waals surface area contributed by atoms with Gasteiger partial charge in [0.25, 0.3) is 5.91 Å². The summed E-state index contributed by atoms with van der Waals surface area (Å²) in [4.78, 5) is 12.8. The van der Waals surface area contributed by atoms with Crippen LogP contribution < -0.4 is 14.8 Å². The van der Waals surface area contributed by atoms with Crippen LogP contribution in [0.3, 0.4) is 0 Å². The van der Waals surface area contributed by atoms with Crippen molar-refractivity contribution >= 4 is 11.6 Å². The van der Waals surface area contributed by atoms with E-state index in [0.717, 1.165) is 0 Å². The molecular weight excluding hydrogens is 339 g/mol. The standard InChI is InChI=1S/C19H15FN2O4/c1-11-17(18(22-26-11)12-3-2-4-13(20)9-12)19(23)21-14-5-6-15-16(10-14)25-8-7-24-15/h2-6,9-10H,7-8H2,1H3,(H,21,23). The summed E-state index contributed by atoms with van der Waals surface area (Å²) in [6, 6.07) is 11.0. The van der Waals surface area contributed by atoms with Gasteiger partial charge in [-0.05, 0) is 31.2 Å². The molecule has 0 fully saturated rings. The molecule has 2 aromatic carbocycles. The summed E-state index contributed by atoms with van der Waals surface area (Å²) in [5.41, 5.74) is 1.56. The van der Waals surface area contributed by atoms with Gasteiger partial charge in [0.15, 0.2) is 11.5 Å². The lowest BCUT2D eigenvalue weighted by Crippen LogP contribution is -2.17. The quantitative estimate of drug-likeness (QED) is 0.774. The second-order valence-corrected chi connectivity index (χ2v) is 5.79. The normalized spacial score (nSPS) is 12.7. The van der Waals surface area contributed by atoms with E-state index in [1.54, 1.807) is 37.3 Å². The molecule has 7 heteroatoms. The SMILES string of the molecule is Cc1onc(-c2cccc(F)c2)c1C(=O)Nc1ccc2c(c1)OCCO2. The minimum atomic E-state index is -0.415. The van der Waals surface area contributed by atoms with E-state index in [1.165, 1.54) is 12.1 Å². The first-order chi connectivity index (χ1) is 12.6. The number of fused-ring (bicyclic) bond motifs is 1. The molecule has 4 rings (SSSR count). The summed E-state index contributed by atoms with van der Waals surface area (Å²) >= 11 is 0. The van der Waals surface area contributed by atoms with Gasteiger partial charge in [-0.25, -0.2) is 4.39 Å². The Hall–Kier alpha value is -3.35. The van der Waals surface area contributed by atoms with Gasteiger partial charge in [0.05, 0.1) is 0 Å². The number of aromatic nitrogens is 1. The van der Waals surface area contributed by atoms with E-state index in [-0.39, 0.29) is 11.3 Å². The average molecular weight is 354 g/mol. The minimum Gasteiger partial charge on any atom is -0.486 e. The highest BCUT2D eigenvalue weighted by atomic mass is 19.1. The van der Waals surface area contributed by atoms with Crippen LogP contribution in [0.2, 0.25) is 0 Å². The lowest BCUT2D eigenvalue weighted by molar-refractivity contribution is 0.102. The van der Waals surface area contributed by atoms with Gasteiger partial charge >= 0.3 is 0 Å². The molecule has 26 heavy (non-hydrogen) atoms. The summed E-state index contributed by atoms with van der Waals surface area (Å²) in [6.45, 7) is 2.59. The molecule has 0 saturated carbocycles. The third-order valence-electron chi connectivity index (χ3n) is 3.99. The number of benzene rings is 2. The summed E-state index contributed by atoms with van der Waals surface area (Å²) in [7, 11) is 0. The molecule has 1 amide bonds. The molecular formula is C19H15FN2O4. The molecule has 2 heterocycles. The van der Waals surface area contributed by atoms with Crippen LogP contribution in [0.1, 0.15) is 16.1 Å². The van der Waals surface area contributed by atoms with Gasteiger partial charge in [0.2, 0.25) is 0 Å². The number of nitrogens with zero attached hydrogens (tertiary/aromatic N) is 1. The van der Waals surface area contributed by atoms with Crippen LogP contribution in [0.5, 0.6) is 11.5 Å². The lowest BCUT2D eigenvalue weighted by Gasteiger charge is -2.19. The fraction of sp³-hybridized carbons (Fsp3) is 0.158. The molecule has 132 valence electrons. The first-order valence-electron chi connectivity index (χ1n) is 8.05. The van der Waals surface area contributed by atoms with Gasteiger partial charge in [-0.3, -0.25) is 4.79 Å². The highest BCUT2D eigenvalue weighted by molar-refractivity contribution is 6.08. The Morgan fingerprint density at radius 3 is 2.73 bits per heavy atom. The zero-order valence-corrected chi connectivity index (χ0v) is 13.9. The van der Waals surface area contributed by atoms with Crippen LogP contribution in [-0.2, 0) is 0 Å². The van der Waals surface area contributed by atoms with Crippen LogP contribution in [0.4, 0.5) is 10.1 Å². The Morgan fingerprint density at radius 1 is 1.12 bits per heavy atom. The zero-order valence-electron chi connectivity index (χ0n) is 13.9. The molecule has 3 aromatic rings. The third-order valence-corrected chi connectivity index (χ3v) is 3.99. The van der Waals surface area contributed by atoms with E-state index in [2.05, 4.69) is 10.5 Å². The van der Waals surface area contributed by atoms with Crippen LogP contribution in [0.25, 0.3) is 11.3 Å². The predicted octanol–water partition coefficient (Wildman–Crippen LogP) is 3.81. The van der Waals surface area contributed by atoms with Crippen molar-refractivity contribution in [3.05, 3.63) is 59.6 Å². The van der Waals surface area contributed by atoms with Gasteiger partial charge < -0.3 is 19.3 Å². The number of aryl methyl sites for hydroxylation is 1. The van der Waals surface area contributed by atoms with Crippen molar-refractivity contribution in [1.29, 1.82) is 0 Å². The number of rotatable bonds is 3. The van der Waals surface area contributed by atoms with Crippen molar-refractivity contribution < 1.29 is 23.2 Å². The molecule has 0 radical (unpaired) electrons. The second-order valence-electron chi connectivity index (χ2n) is 5.79. The largest absolute Gasteiger partial charge is 0.486 e. The average Bonchev–Trinajstić information content (AvgIpc) is 3.03. The molecule has 1 aliphatic heterocycles. The van der Waals surface area contributed by atoms with E-state index >= 15 is 0 Å². The van der Waals surface area contributed by atoms with E-state index in [1.807, 2.05) is 0 Å². The third kappa shape index (κ3) is 2.99. The van der Waals surface area contributed by atoms with Crippen LogP contribution >= 0.6 is 0 Å². The van der Waals surface area contributed by atoms with E-state index in [0.29, 0.717) is 41.7 Å². The molecule has 0 saturated heterocycles. The molecule has 6 nitrogen and oxygen atoms in total. The molecule has 0 aliphatic carbocycles. The molecule has 1 aliphatic rings. The summed E-state index contributed by atoms with van der Waals surface area (Å²) < 4.78 is 29.7. The molecule has 1 N–H and O–H groups in total. The maximum atomic E-state index is 13.5. The summed E-state index contributed by atoms with van der Waals surface area (Å²) in [5, 5.41) is 6.70. The molecule has 0 bridgehead atoms. The number of carbonyl (C=O) groups excluding carboxylic acids is 1. The monoisotopic (exact) mass is 354 g/mol. The number of hydrogen-bond donors (Lipinski definition) is 1. The Kier molecular flexibility index (Phi) is 4.04. The molecule has 0 atom stereocenters. The van der Waals surface area contributed by atoms with Crippen molar-refractivity contribution in [3.63, 3.8) is 0 Å². The number of anilines is 1. The molecule has 1 aromatic heterocycles. The van der Waals surface area contributed by atoms with Crippen molar-refractivity contribution in [3.8, 4) is 22.8 Å². The lowest BCUT2D eigenvalue weighted by atomic mass is 10.1. The number of carbonyl (C=O) groups is 1. The topological polar surface area (TPSA) is 73.6 Å². The first-order valence-corrected chi connectivity index (χ1v) is 8.05. The number of halogens is 1. The highest BCUT2D eigenvalue weighted by Crippen LogP contribution is 2.33. The Morgan fingerprint density at radius 2 is 1.92 bits per heavy atom. The zero-order chi connectivity index (χ0) is 18.1. The number of nitrogens with one attached hydrogen (secondary N) is 1. The summed E-state index contributed by atoms with van der Waals surface area (Å²) in [6.07, 6.45) is 0. The first kappa shape index (κ1) is 16.1. The van der Waals surface area contributed by atoms with E-state index in [9.17, 15) is 9.18 Å².